The van der Waals surface area contributed by atoms with Crippen LogP contribution in [0, 0.1) is 0 Å². The molecule has 0 unspecified atom stereocenters. The molecule has 1 aromatic carbocycles. The van der Waals surface area contributed by atoms with Gasteiger partial charge < -0.3 is 21.4 Å². The highest BCUT2D eigenvalue weighted by Gasteiger charge is 2.15. The molecule has 2 heterocycles. The number of anilines is 2. The van der Waals surface area contributed by atoms with Gasteiger partial charge in [0.05, 0.1) is 5.69 Å². The first kappa shape index (κ1) is 21.3. The van der Waals surface area contributed by atoms with Crippen molar-refractivity contribution in [1.82, 2.24) is 9.97 Å². The Morgan fingerprint density at radius 1 is 1.13 bits per heavy atom. The van der Waals surface area contributed by atoms with Crippen LogP contribution in [0.3, 0.4) is 0 Å². The van der Waals surface area contributed by atoms with Crippen LogP contribution in [0.5, 0.6) is 0 Å². The zero-order valence-electron chi connectivity index (χ0n) is 17.5. The molecule has 3 rings (SSSR count). The predicted molar refractivity (Wildman–Crippen MR) is 121 cm³/mol. The van der Waals surface area contributed by atoms with Gasteiger partial charge in [0.1, 0.15) is 11.5 Å². The molecule has 3 aromatic rings. The normalized spacial score (nSPS) is 11.2. The van der Waals surface area contributed by atoms with E-state index in [1.54, 1.807) is 24.4 Å². The Labute approximate surface area is 175 Å². The first-order valence-electron chi connectivity index (χ1n) is 9.84. The number of nitrogens with two attached hydrogens (primary N) is 1. The van der Waals surface area contributed by atoms with Crippen molar-refractivity contribution in [3.05, 3.63) is 76.2 Å². The van der Waals surface area contributed by atoms with Gasteiger partial charge in [-0.25, -0.2) is 4.98 Å². The molecule has 0 saturated heterocycles. The topological polar surface area (TPSA) is 113 Å². The van der Waals surface area contributed by atoms with E-state index in [0.717, 1.165) is 5.56 Å². The number of benzene rings is 1. The van der Waals surface area contributed by atoms with Crippen molar-refractivity contribution in [3.63, 3.8) is 0 Å². The summed E-state index contributed by atoms with van der Waals surface area (Å²) in [7, 11) is 0. The van der Waals surface area contributed by atoms with E-state index in [4.69, 9.17) is 5.73 Å². The fraction of sp³-hybridized carbons (Fsp3) is 0.261. The van der Waals surface area contributed by atoms with Crippen LogP contribution in [-0.4, -0.2) is 29.0 Å². The van der Waals surface area contributed by atoms with Crippen molar-refractivity contribution in [3.8, 4) is 11.3 Å². The summed E-state index contributed by atoms with van der Waals surface area (Å²) in [6.07, 6.45) is 1.57. The Balaban J connectivity index is 1.82. The molecule has 0 spiro atoms. The molecular formula is C23H27N5O2. The molecule has 0 atom stereocenters. The van der Waals surface area contributed by atoms with Crippen molar-refractivity contribution in [1.29, 1.82) is 0 Å². The second kappa shape index (κ2) is 8.92. The van der Waals surface area contributed by atoms with Crippen LogP contribution in [0.2, 0.25) is 0 Å². The molecule has 1 amide bonds. The Bertz CT molecular complexity index is 1080. The molecule has 30 heavy (non-hydrogen) atoms. The smallest absolute Gasteiger partial charge is 0.271 e. The number of H-pyrrole nitrogens is 1. The van der Waals surface area contributed by atoms with Crippen LogP contribution < -0.4 is 21.9 Å². The van der Waals surface area contributed by atoms with Gasteiger partial charge in [-0.3, -0.25) is 9.59 Å². The third kappa shape index (κ3) is 5.12. The minimum atomic E-state index is -0.379. The van der Waals surface area contributed by atoms with E-state index in [-0.39, 0.29) is 22.6 Å². The van der Waals surface area contributed by atoms with E-state index in [0.29, 0.717) is 35.7 Å². The lowest BCUT2D eigenvalue weighted by atomic mass is 9.87. The number of hydrogen-bond donors (Lipinski definition) is 4. The third-order valence-corrected chi connectivity index (χ3v) is 4.66. The number of aromatic amines is 1. The number of carbonyl (C=O) groups is 1. The highest BCUT2D eigenvalue weighted by molar-refractivity contribution is 6.04. The standard InChI is InChI=1S/C23H27N5O2/c1-23(2,3)17-9-7-15(8-10-17)21(29)28-19-13-16(14-26-22(19)30)18-5-4-6-20(27-18)25-12-11-24/h4-10,13-14H,11-12,24H2,1-3H3,(H,25,27)(H,26,30)(H,28,29). The first-order valence-corrected chi connectivity index (χ1v) is 9.84. The van der Waals surface area contributed by atoms with Gasteiger partial charge >= 0.3 is 0 Å². The molecule has 0 fully saturated rings. The molecule has 0 bridgehead atoms. The predicted octanol–water partition coefficient (Wildman–Crippen LogP) is 3.36. The van der Waals surface area contributed by atoms with Gasteiger partial charge in [-0.15, -0.1) is 0 Å². The summed E-state index contributed by atoms with van der Waals surface area (Å²) in [4.78, 5) is 32.1. The number of carbonyl (C=O) groups excluding carboxylic acids is 1. The summed E-state index contributed by atoms with van der Waals surface area (Å²) >= 11 is 0. The van der Waals surface area contributed by atoms with Gasteiger partial charge in [0.25, 0.3) is 11.5 Å². The monoisotopic (exact) mass is 405 g/mol. The molecule has 7 heteroatoms. The number of rotatable bonds is 6. The van der Waals surface area contributed by atoms with Gasteiger partial charge in [0, 0.05) is 30.4 Å². The van der Waals surface area contributed by atoms with Gasteiger partial charge in [-0.05, 0) is 41.3 Å². The molecule has 7 nitrogen and oxygen atoms in total. The summed E-state index contributed by atoms with van der Waals surface area (Å²) in [5.74, 6) is 0.345. The molecule has 5 N–H and O–H groups in total. The van der Waals surface area contributed by atoms with Crippen molar-refractivity contribution < 1.29 is 4.79 Å². The Kier molecular flexibility index (Phi) is 6.32. The Hall–Kier alpha value is -3.45. The molecule has 0 saturated carbocycles. The van der Waals surface area contributed by atoms with E-state index < -0.39 is 0 Å². The zero-order valence-corrected chi connectivity index (χ0v) is 17.5. The van der Waals surface area contributed by atoms with Gasteiger partial charge in [0.2, 0.25) is 0 Å². The molecule has 2 aromatic heterocycles. The summed E-state index contributed by atoms with van der Waals surface area (Å²) in [6.45, 7) is 7.44. The fourth-order valence-corrected chi connectivity index (χ4v) is 2.93. The maximum atomic E-state index is 12.6. The van der Waals surface area contributed by atoms with Crippen LogP contribution in [0.15, 0.2) is 59.5 Å². The fourth-order valence-electron chi connectivity index (χ4n) is 2.93. The average Bonchev–Trinajstić information content (AvgIpc) is 2.73. The zero-order chi connectivity index (χ0) is 21.7. The average molecular weight is 406 g/mol. The number of aromatic nitrogens is 2. The molecule has 0 aliphatic heterocycles. The summed E-state index contributed by atoms with van der Waals surface area (Å²) in [6, 6.07) is 14.5. The quantitative estimate of drug-likeness (QED) is 0.502. The van der Waals surface area contributed by atoms with Crippen LogP contribution in [0.25, 0.3) is 11.3 Å². The summed E-state index contributed by atoms with van der Waals surface area (Å²) in [5, 5.41) is 5.82. The van der Waals surface area contributed by atoms with E-state index >= 15 is 0 Å². The van der Waals surface area contributed by atoms with Crippen molar-refractivity contribution in [2.45, 2.75) is 26.2 Å². The maximum absolute atomic E-state index is 12.6. The van der Waals surface area contributed by atoms with Crippen molar-refractivity contribution in [2.75, 3.05) is 23.7 Å². The highest BCUT2D eigenvalue weighted by Crippen LogP contribution is 2.23. The SMILES string of the molecule is CC(C)(C)c1ccc(C(=O)Nc2cc(-c3cccc(NCCN)n3)c[nH]c2=O)cc1. The van der Waals surface area contributed by atoms with Crippen molar-refractivity contribution in [2.24, 2.45) is 5.73 Å². The number of nitrogens with zero attached hydrogens (tertiary/aromatic N) is 1. The lowest BCUT2D eigenvalue weighted by Gasteiger charge is -2.19. The van der Waals surface area contributed by atoms with Gasteiger partial charge in [0.15, 0.2) is 0 Å². The molecular weight excluding hydrogens is 378 g/mol. The molecule has 0 aliphatic rings. The minimum absolute atomic E-state index is 0.00102. The molecule has 0 radical (unpaired) electrons. The molecule has 156 valence electrons. The Morgan fingerprint density at radius 2 is 1.87 bits per heavy atom. The maximum Gasteiger partial charge on any atom is 0.271 e. The van der Waals surface area contributed by atoms with E-state index in [1.165, 1.54) is 0 Å². The van der Waals surface area contributed by atoms with Gasteiger partial charge in [-0.2, -0.15) is 0 Å². The van der Waals surface area contributed by atoms with E-state index in [9.17, 15) is 9.59 Å². The van der Waals surface area contributed by atoms with E-state index in [2.05, 4.69) is 41.4 Å². The summed E-state index contributed by atoms with van der Waals surface area (Å²) in [5.41, 5.74) is 8.27. The third-order valence-electron chi connectivity index (χ3n) is 4.66. The molecule has 0 aliphatic carbocycles. The van der Waals surface area contributed by atoms with Crippen LogP contribution >= 0.6 is 0 Å². The summed E-state index contributed by atoms with van der Waals surface area (Å²) < 4.78 is 0. The van der Waals surface area contributed by atoms with Crippen LogP contribution in [0.4, 0.5) is 11.5 Å². The van der Waals surface area contributed by atoms with E-state index in [1.807, 2.05) is 30.3 Å². The lowest BCUT2D eigenvalue weighted by molar-refractivity contribution is 0.102. The Morgan fingerprint density at radius 3 is 2.53 bits per heavy atom. The minimum Gasteiger partial charge on any atom is -0.369 e. The highest BCUT2D eigenvalue weighted by atomic mass is 16.2. The number of nitrogens with one attached hydrogen (secondary N) is 3. The number of hydrogen-bond acceptors (Lipinski definition) is 5. The first-order chi connectivity index (χ1) is 14.3. The lowest BCUT2D eigenvalue weighted by Crippen LogP contribution is -2.20. The number of amides is 1. The van der Waals surface area contributed by atoms with Crippen LogP contribution in [-0.2, 0) is 5.41 Å². The van der Waals surface area contributed by atoms with Crippen molar-refractivity contribution >= 4 is 17.4 Å². The number of pyridine rings is 2. The second-order valence-corrected chi connectivity index (χ2v) is 8.04. The van der Waals surface area contributed by atoms with Crippen LogP contribution in [0.1, 0.15) is 36.7 Å². The second-order valence-electron chi connectivity index (χ2n) is 8.04. The largest absolute Gasteiger partial charge is 0.369 e. The van der Waals surface area contributed by atoms with Gasteiger partial charge in [-0.1, -0.05) is 39.0 Å².